The van der Waals surface area contributed by atoms with E-state index in [0.717, 1.165) is 5.56 Å². The SMILES string of the molecule is CCc1ncnc(OC2CCN(C(=O)/C=C/c3ccccc3)C2)c1F. The second-order valence-corrected chi connectivity index (χ2v) is 5.85. The summed E-state index contributed by atoms with van der Waals surface area (Å²) in [7, 11) is 0. The van der Waals surface area contributed by atoms with Crippen LogP contribution in [0, 0.1) is 5.82 Å². The van der Waals surface area contributed by atoms with Crippen LogP contribution in [0.3, 0.4) is 0 Å². The standard InChI is InChI=1S/C19H20FN3O2/c1-2-16-18(20)19(22-13-21-16)25-15-10-11-23(12-15)17(24)9-8-14-6-4-3-5-7-14/h3-9,13,15H,2,10-12H2,1H3/b9-8+. The number of aryl methyl sites for hydroxylation is 1. The molecular weight excluding hydrogens is 321 g/mol. The van der Waals surface area contributed by atoms with Gasteiger partial charge in [0.15, 0.2) is 0 Å². The molecule has 1 atom stereocenters. The Labute approximate surface area is 146 Å². The molecule has 1 fully saturated rings. The van der Waals surface area contributed by atoms with Crippen molar-refractivity contribution in [3.8, 4) is 5.88 Å². The van der Waals surface area contributed by atoms with Gasteiger partial charge >= 0.3 is 0 Å². The Morgan fingerprint density at radius 2 is 2.16 bits per heavy atom. The first kappa shape index (κ1) is 17.1. The highest BCUT2D eigenvalue weighted by Gasteiger charge is 2.28. The van der Waals surface area contributed by atoms with Gasteiger partial charge in [0.05, 0.1) is 12.2 Å². The molecule has 0 radical (unpaired) electrons. The zero-order valence-corrected chi connectivity index (χ0v) is 14.1. The summed E-state index contributed by atoms with van der Waals surface area (Å²) >= 11 is 0. The lowest BCUT2D eigenvalue weighted by molar-refractivity contribution is -0.125. The lowest BCUT2D eigenvalue weighted by atomic mass is 10.2. The van der Waals surface area contributed by atoms with E-state index in [4.69, 9.17) is 4.74 Å². The quantitative estimate of drug-likeness (QED) is 0.785. The molecule has 2 heterocycles. The highest BCUT2D eigenvalue weighted by molar-refractivity contribution is 5.92. The number of benzene rings is 1. The van der Waals surface area contributed by atoms with Crippen molar-refractivity contribution in [2.75, 3.05) is 13.1 Å². The normalized spacial score (nSPS) is 17.2. The predicted octanol–water partition coefficient (Wildman–Crippen LogP) is 2.87. The minimum atomic E-state index is -0.515. The second-order valence-electron chi connectivity index (χ2n) is 5.85. The summed E-state index contributed by atoms with van der Waals surface area (Å²) in [5, 5.41) is 0. The average molecular weight is 341 g/mol. The van der Waals surface area contributed by atoms with Crippen LogP contribution in [0.2, 0.25) is 0 Å². The first-order valence-corrected chi connectivity index (χ1v) is 8.35. The Kier molecular flexibility index (Phi) is 5.38. The number of likely N-dealkylation sites (tertiary alicyclic amines) is 1. The van der Waals surface area contributed by atoms with Crippen LogP contribution in [-0.2, 0) is 11.2 Å². The Bertz CT molecular complexity index is 765. The summed E-state index contributed by atoms with van der Waals surface area (Å²) in [5.41, 5.74) is 1.31. The molecule has 1 aliphatic rings. The zero-order valence-electron chi connectivity index (χ0n) is 14.1. The summed E-state index contributed by atoms with van der Waals surface area (Å²) in [4.78, 5) is 21.7. The highest BCUT2D eigenvalue weighted by atomic mass is 19.1. The summed E-state index contributed by atoms with van der Waals surface area (Å²) in [6.07, 6.45) is 5.51. The Balaban J connectivity index is 1.58. The fourth-order valence-corrected chi connectivity index (χ4v) is 2.74. The molecule has 6 heteroatoms. The number of hydrogen-bond acceptors (Lipinski definition) is 4. The maximum absolute atomic E-state index is 14.1. The molecule has 1 aromatic heterocycles. The number of aromatic nitrogens is 2. The van der Waals surface area contributed by atoms with E-state index in [-0.39, 0.29) is 17.9 Å². The summed E-state index contributed by atoms with van der Waals surface area (Å²) in [5.74, 6) is -0.628. The van der Waals surface area contributed by atoms with Gasteiger partial charge in [-0.2, -0.15) is 9.37 Å². The molecular formula is C19H20FN3O2. The zero-order chi connectivity index (χ0) is 17.6. The number of carbonyl (C=O) groups excluding carboxylic acids is 1. The molecule has 1 saturated heterocycles. The minimum absolute atomic E-state index is 0.0361. The van der Waals surface area contributed by atoms with Crippen LogP contribution >= 0.6 is 0 Å². The van der Waals surface area contributed by atoms with Crippen molar-refractivity contribution >= 4 is 12.0 Å². The smallest absolute Gasteiger partial charge is 0.254 e. The van der Waals surface area contributed by atoms with E-state index in [2.05, 4.69) is 9.97 Å². The topological polar surface area (TPSA) is 55.3 Å². The Hall–Kier alpha value is -2.76. The third-order valence-corrected chi connectivity index (χ3v) is 4.12. The summed E-state index contributed by atoms with van der Waals surface area (Å²) in [6.45, 7) is 2.82. The first-order chi connectivity index (χ1) is 12.2. The summed E-state index contributed by atoms with van der Waals surface area (Å²) in [6, 6.07) is 9.64. The van der Waals surface area contributed by atoms with E-state index in [1.807, 2.05) is 37.3 Å². The molecule has 25 heavy (non-hydrogen) atoms. The third-order valence-electron chi connectivity index (χ3n) is 4.12. The molecule has 0 bridgehead atoms. The van der Waals surface area contributed by atoms with Crippen molar-refractivity contribution in [3.05, 3.63) is 59.8 Å². The number of rotatable bonds is 5. The maximum atomic E-state index is 14.1. The van der Waals surface area contributed by atoms with Crippen LogP contribution in [0.4, 0.5) is 4.39 Å². The molecule has 0 spiro atoms. The van der Waals surface area contributed by atoms with Crippen molar-refractivity contribution in [1.82, 2.24) is 14.9 Å². The van der Waals surface area contributed by atoms with Crippen molar-refractivity contribution in [3.63, 3.8) is 0 Å². The van der Waals surface area contributed by atoms with Crippen LogP contribution < -0.4 is 4.74 Å². The van der Waals surface area contributed by atoms with Gasteiger partial charge in [0.25, 0.3) is 5.88 Å². The molecule has 1 unspecified atom stereocenters. The van der Waals surface area contributed by atoms with E-state index >= 15 is 0 Å². The van der Waals surface area contributed by atoms with Crippen LogP contribution in [-0.4, -0.2) is 40.0 Å². The number of halogens is 1. The van der Waals surface area contributed by atoms with Crippen molar-refractivity contribution in [2.24, 2.45) is 0 Å². The van der Waals surface area contributed by atoms with E-state index in [1.165, 1.54) is 6.33 Å². The lowest BCUT2D eigenvalue weighted by Gasteiger charge is -2.16. The number of hydrogen-bond donors (Lipinski definition) is 0. The molecule has 3 rings (SSSR count). The molecule has 1 aromatic carbocycles. The number of nitrogens with zero attached hydrogens (tertiary/aromatic N) is 3. The van der Waals surface area contributed by atoms with E-state index in [1.54, 1.807) is 17.1 Å². The van der Waals surface area contributed by atoms with E-state index in [9.17, 15) is 9.18 Å². The van der Waals surface area contributed by atoms with Crippen LogP contribution in [0.5, 0.6) is 5.88 Å². The predicted molar refractivity (Wildman–Crippen MR) is 92.5 cm³/mol. The van der Waals surface area contributed by atoms with Gasteiger partial charge in [-0.05, 0) is 18.1 Å². The monoisotopic (exact) mass is 341 g/mol. The van der Waals surface area contributed by atoms with Crippen molar-refractivity contribution < 1.29 is 13.9 Å². The minimum Gasteiger partial charge on any atom is -0.470 e. The second kappa shape index (κ2) is 7.88. The van der Waals surface area contributed by atoms with Gasteiger partial charge in [-0.15, -0.1) is 0 Å². The first-order valence-electron chi connectivity index (χ1n) is 8.35. The van der Waals surface area contributed by atoms with Gasteiger partial charge < -0.3 is 9.64 Å². The third kappa shape index (κ3) is 4.21. The summed E-state index contributed by atoms with van der Waals surface area (Å²) < 4.78 is 19.8. The van der Waals surface area contributed by atoms with Crippen LogP contribution in [0.15, 0.2) is 42.7 Å². The Morgan fingerprint density at radius 1 is 1.36 bits per heavy atom. The molecule has 0 aliphatic carbocycles. The number of carbonyl (C=O) groups is 1. The highest BCUT2D eigenvalue weighted by Crippen LogP contribution is 2.21. The fraction of sp³-hybridized carbons (Fsp3) is 0.316. The number of amides is 1. The van der Waals surface area contributed by atoms with Gasteiger partial charge in [-0.1, -0.05) is 37.3 Å². The van der Waals surface area contributed by atoms with Crippen LogP contribution in [0.1, 0.15) is 24.6 Å². The van der Waals surface area contributed by atoms with Crippen molar-refractivity contribution in [2.45, 2.75) is 25.9 Å². The van der Waals surface area contributed by atoms with Gasteiger partial charge in [-0.3, -0.25) is 4.79 Å². The van der Waals surface area contributed by atoms with Gasteiger partial charge in [0, 0.05) is 19.0 Å². The molecule has 130 valence electrons. The Morgan fingerprint density at radius 3 is 2.92 bits per heavy atom. The van der Waals surface area contributed by atoms with E-state index in [0.29, 0.717) is 31.6 Å². The lowest BCUT2D eigenvalue weighted by Crippen LogP contribution is -2.29. The molecule has 0 N–H and O–H groups in total. The molecule has 0 saturated carbocycles. The molecule has 1 amide bonds. The maximum Gasteiger partial charge on any atom is 0.254 e. The number of ether oxygens (including phenoxy) is 1. The van der Waals surface area contributed by atoms with Gasteiger partial charge in [0.2, 0.25) is 11.7 Å². The van der Waals surface area contributed by atoms with E-state index < -0.39 is 5.82 Å². The molecule has 5 nitrogen and oxygen atoms in total. The van der Waals surface area contributed by atoms with Crippen LogP contribution in [0.25, 0.3) is 6.08 Å². The molecule has 2 aromatic rings. The van der Waals surface area contributed by atoms with Gasteiger partial charge in [-0.25, -0.2) is 4.98 Å². The molecule has 1 aliphatic heterocycles. The largest absolute Gasteiger partial charge is 0.470 e. The van der Waals surface area contributed by atoms with Gasteiger partial charge in [0.1, 0.15) is 12.4 Å². The fourth-order valence-electron chi connectivity index (χ4n) is 2.74. The van der Waals surface area contributed by atoms with Crippen molar-refractivity contribution in [1.29, 1.82) is 0 Å². The average Bonchev–Trinajstić information content (AvgIpc) is 3.11.